The molecular formula is C18H16ClF3N8O2S. The van der Waals surface area contributed by atoms with Crippen molar-refractivity contribution in [2.45, 2.75) is 19.3 Å². The van der Waals surface area contributed by atoms with E-state index >= 15 is 0 Å². The molecule has 0 radical (unpaired) electrons. The lowest BCUT2D eigenvalue weighted by molar-refractivity contribution is -0.137. The van der Waals surface area contributed by atoms with Gasteiger partial charge in [0.25, 0.3) is 11.8 Å². The Bertz CT molecular complexity index is 1190. The largest absolute Gasteiger partial charge is 0.418 e. The SMILES string of the molecule is CNCc1c(N)ncnc1C(=O)NCc1ncc(C(=O)Nc2cc(C(F)(F)F)c(Cl)cn2)s1. The minimum Gasteiger partial charge on any atom is -0.383 e. The van der Waals surface area contributed by atoms with E-state index in [4.69, 9.17) is 17.3 Å². The zero-order chi connectivity index (χ0) is 24.2. The summed E-state index contributed by atoms with van der Waals surface area (Å²) >= 11 is 6.47. The molecule has 0 atom stereocenters. The minimum atomic E-state index is -4.70. The number of carbonyl (C=O) groups is 2. The van der Waals surface area contributed by atoms with Gasteiger partial charge in [0.1, 0.15) is 33.5 Å². The highest BCUT2D eigenvalue weighted by Gasteiger charge is 2.34. The first-order chi connectivity index (χ1) is 15.6. The predicted molar refractivity (Wildman–Crippen MR) is 115 cm³/mol. The Kier molecular flexibility index (Phi) is 7.40. The van der Waals surface area contributed by atoms with E-state index in [9.17, 15) is 22.8 Å². The number of hydrogen-bond acceptors (Lipinski definition) is 9. The summed E-state index contributed by atoms with van der Waals surface area (Å²) in [6.07, 6.45) is -1.49. The van der Waals surface area contributed by atoms with E-state index < -0.39 is 28.6 Å². The first kappa shape index (κ1) is 24.3. The third-order valence-corrected chi connectivity index (χ3v) is 5.42. The number of nitrogens with two attached hydrogens (primary N) is 1. The average Bonchev–Trinajstić information content (AvgIpc) is 3.23. The van der Waals surface area contributed by atoms with Crippen molar-refractivity contribution in [3.63, 3.8) is 0 Å². The molecule has 3 rings (SSSR count). The van der Waals surface area contributed by atoms with Crippen LogP contribution < -0.4 is 21.7 Å². The number of amides is 2. The second kappa shape index (κ2) is 10.1. The lowest BCUT2D eigenvalue weighted by Gasteiger charge is -2.10. The van der Waals surface area contributed by atoms with Crippen LogP contribution in [-0.4, -0.2) is 38.8 Å². The molecule has 3 aromatic heterocycles. The van der Waals surface area contributed by atoms with Crippen molar-refractivity contribution in [2.24, 2.45) is 0 Å². The van der Waals surface area contributed by atoms with Crippen LogP contribution in [0.3, 0.4) is 0 Å². The molecule has 2 amide bonds. The first-order valence-electron chi connectivity index (χ1n) is 9.11. The summed E-state index contributed by atoms with van der Waals surface area (Å²) in [5, 5.41) is 7.56. The molecule has 0 spiro atoms. The molecule has 0 unspecified atom stereocenters. The van der Waals surface area contributed by atoms with Crippen molar-refractivity contribution in [1.29, 1.82) is 0 Å². The van der Waals surface area contributed by atoms with E-state index in [0.717, 1.165) is 17.5 Å². The number of nitrogen functional groups attached to an aromatic ring is 1. The Hall–Kier alpha value is -3.36. The highest BCUT2D eigenvalue weighted by Crippen LogP contribution is 2.35. The molecule has 5 N–H and O–H groups in total. The molecule has 10 nitrogen and oxygen atoms in total. The topological polar surface area (TPSA) is 148 Å². The number of rotatable bonds is 7. The van der Waals surface area contributed by atoms with Crippen molar-refractivity contribution in [3.05, 3.63) is 56.5 Å². The van der Waals surface area contributed by atoms with Gasteiger partial charge in [0.05, 0.1) is 23.3 Å². The zero-order valence-electron chi connectivity index (χ0n) is 16.8. The standard InChI is InChI=1S/C18H16ClF3N8O2S/c1-24-3-8-14(28-7-29-15(8)23)17(32)27-6-13-26-5-11(33-13)16(31)30-12-2-9(18(20,21)22)10(19)4-25-12/h2,4-5,7,24H,3,6H2,1H3,(H,27,32)(H2,23,28,29)(H,25,30,31). The first-order valence-corrected chi connectivity index (χ1v) is 10.3. The molecule has 0 saturated carbocycles. The van der Waals surface area contributed by atoms with Crippen LogP contribution in [0.4, 0.5) is 24.8 Å². The van der Waals surface area contributed by atoms with E-state index in [1.807, 2.05) is 0 Å². The van der Waals surface area contributed by atoms with Gasteiger partial charge in [-0.05, 0) is 13.1 Å². The van der Waals surface area contributed by atoms with Crippen molar-refractivity contribution < 1.29 is 22.8 Å². The fraction of sp³-hybridized carbons (Fsp3) is 0.222. The fourth-order valence-corrected chi connectivity index (χ4v) is 3.57. The van der Waals surface area contributed by atoms with Crippen molar-refractivity contribution >= 4 is 46.4 Å². The maximum absolute atomic E-state index is 13.0. The number of nitrogens with zero attached hydrogens (tertiary/aromatic N) is 4. The Labute approximate surface area is 193 Å². The minimum absolute atomic E-state index is 0.0168. The van der Waals surface area contributed by atoms with Crippen LogP contribution in [-0.2, 0) is 19.3 Å². The van der Waals surface area contributed by atoms with Gasteiger partial charge in [-0.25, -0.2) is 19.9 Å². The maximum Gasteiger partial charge on any atom is 0.418 e. The number of nitrogens with one attached hydrogen (secondary N) is 3. The number of pyridine rings is 1. The lowest BCUT2D eigenvalue weighted by Crippen LogP contribution is -2.27. The number of carbonyl (C=O) groups excluding carboxylic acids is 2. The molecule has 15 heteroatoms. The Morgan fingerprint density at radius 1 is 1.12 bits per heavy atom. The number of halogens is 4. The van der Waals surface area contributed by atoms with Gasteiger partial charge in [-0.15, -0.1) is 11.3 Å². The molecule has 0 aliphatic heterocycles. The van der Waals surface area contributed by atoms with E-state index in [1.165, 1.54) is 12.5 Å². The molecule has 3 heterocycles. The van der Waals surface area contributed by atoms with Crippen LogP contribution in [0.1, 0.15) is 36.3 Å². The van der Waals surface area contributed by atoms with Crippen molar-refractivity contribution in [1.82, 2.24) is 30.6 Å². The van der Waals surface area contributed by atoms with Crippen LogP contribution in [0.5, 0.6) is 0 Å². The van der Waals surface area contributed by atoms with Gasteiger partial charge in [0, 0.05) is 18.3 Å². The van der Waals surface area contributed by atoms with Gasteiger partial charge < -0.3 is 21.7 Å². The zero-order valence-corrected chi connectivity index (χ0v) is 18.4. The quantitative estimate of drug-likeness (QED) is 0.387. The molecule has 33 heavy (non-hydrogen) atoms. The maximum atomic E-state index is 13.0. The molecule has 0 bridgehead atoms. The normalized spacial score (nSPS) is 11.3. The number of aromatic nitrogens is 4. The highest BCUT2D eigenvalue weighted by atomic mass is 35.5. The number of anilines is 2. The summed E-state index contributed by atoms with van der Waals surface area (Å²) in [5.41, 5.74) is 5.21. The van der Waals surface area contributed by atoms with Crippen molar-refractivity contribution in [2.75, 3.05) is 18.1 Å². The summed E-state index contributed by atoms with van der Waals surface area (Å²) in [6.45, 7) is 0.267. The summed E-state index contributed by atoms with van der Waals surface area (Å²) < 4.78 is 38.9. The summed E-state index contributed by atoms with van der Waals surface area (Å²) in [4.78, 5) is 40.5. The molecule has 0 aliphatic rings. The van der Waals surface area contributed by atoms with Crippen LogP contribution in [0.15, 0.2) is 24.8 Å². The van der Waals surface area contributed by atoms with Crippen LogP contribution in [0.25, 0.3) is 0 Å². The smallest absolute Gasteiger partial charge is 0.383 e. The molecule has 3 aromatic rings. The molecule has 0 aliphatic carbocycles. The van der Waals surface area contributed by atoms with Crippen LogP contribution in [0, 0.1) is 0 Å². The number of thiazole rings is 1. The summed E-state index contributed by atoms with van der Waals surface area (Å²) in [6, 6.07) is 0.637. The Morgan fingerprint density at radius 3 is 2.58 bits per heavy atom. The van der Waals surface area contributed by atoms with Gasteiger partial charge in [-0.2, -0.15) is 13.2 Å². The van der Waals surface area contributed by atoms with Gasteiger partial charge in [0.2, 0.25) is 0 Å². The second-order valence-corrected chi connectivity index (χ2v) is 7.94. The summed E-state index contributed by atoms with van der Waals surface area (Å²) in [7, 11) is 1.68. The third-order valence-electron chi connectivity index (χ3n) is 4.13. The number of hydrogen-bond donors (Lipinski definition) is 4. The average molecular weight is 501 g/mol. The van der Waals surface area contributed by atoms with Gasteiger partial charge in [-0.1, -0.05) is 11.6 Å². The molecule has 0 fully saturated rings. The van der Waals surface area contributed by atoms with Gasteiger partial charge in [-0.3, -0.25) is 9.59 Å². The monoisotopic (exact) mass is 500 g/mol. The van der Waals surface area contributed by atoms with E-state index in [1.54, 1.807) is 7.05 Å². The fourth-order valence-electron chi connectivity index (χ4n) is 2.61. The van der Waals surface area contributed by atoms with Gasteiger partial charge >= 0.3 is 6.18 Å². The van der Waals surface area contributed by atoms with Crippen molar-refractivity contribution in [3.8, 4) is 0 Å². The Morgan fingerprint density at radius 2 is 1.88 bits per heavy atom. The lowest BCUT2D eigenvalue weighted by atomic mass is 10.2. The molecular weight excluding hydrogens is 485 g/mol. The van der Waals surface area contributed by atoms with Crippen LogP contribution >= 0.6 is 22.9 Å². The Balaban J connectivity index is 1.65. The predicted octanol–water partition coefficient (Wildman–Crippen LogP) is 2.48. The molecule has 0 saturated heterocycles. The van der Waals surface area contributed by atoms with E-state index in [0.29, 0.717) is 16.6 Å². The summed E-state index contributed by atoms with van der Waals surface area (Å²) in [5.74, 6) is -1.38. The van der Waals surface area contributed by atoms with E-state index in [2.05, 4.69) is 35.9 Å². The number of alkyl halides is 3. The van der Waals surface area contributed by atoms with Crippen LogP contribution in [0.2, 0.25) is 5.02 Å². The van der Waals surface area contributed by atoms with E-state index in [-0.39, 0.29) is 35.3 Å². The third kappa shape index (κ3) is 5.91. The second-order valence-electron chi connectivity index (χ2n) is 6.42. The molecule has 174 valence electrons. The van der Waals surface area contributed by atoms with Gasteiger partial charge in [0.15, 0.2) is 0 Å². The molecule has 0 aromatic carbocycles. The highest BCUT2D eigenvalue weighted by molar-refractivity contribution is 7.13.